The minimum atomic E-state index is -0.959. The molecule has 3 nitrogen and oxygen atoms in total. The first-order chi connectivity index (χ1) is 8.54. The third-order valence-electron chi connectivity index (χ3n) is 2.19. The van der Waals surface area contributed by atoms with Crippen LogP contribution in [0.1, 0.15) is 5.56 Å². The van der Waals surface area contributed by atoms with E-state index in [1.165, 1.54) is 12.1 Å². The zero-order valence-electron chi connectivity index (χ0n) is 9.15. The Kier molecular flexibility index (Phi) is 3.32. The first-order valence-corrected chi connectivity index (χ1v) is 5.06. The fourth-order valence-corrected chi connectivity index (χ4v) is 1.38. The normalized spacial score (nSPS) is 10.3. The second-order valence-corrected chi connectivity index (χ2v) is 3.63. The van der Waals surface area contributed by atoms with E-state index in [0.29, 0.717) is 5.56 Å². The number of phenolic OH excluding ortho intramolecular Hbond substituents is 2. The molecule has 2 aromatic carbocycles. The number of rotatable bonds is 3. The van der Waals surface area contributed by atoms with Crippen molar-refractivity contribution in [1.29, 1.82) is 0 Å². The van der Waals surface area contributed by atoms with Gasteiger partial charge in [-0.2, -0.15) is 0 Å². The van der Waals surface area contributed by atoms with Crippen LogP contribution in [-0.2, 0) is 6.61 Å². The van der Waals surface area contributed by atoms with Gasteiger partial charge in [0.05, 0.1) is 6.07 Å². The van der Waals surface area contributed by atoms with Crippen molar-refractivity contribution in [1.82, 2.24) is 0 Å². The van der Waals surface area contributed by atoms with Gasteiger partial charge in [0.25, 0.3) is 0 Å². The lowest BCUT2D eigenvalue weighted by atomic mass is 10.2. The maximum Gasteiger partial charge on any atom is 0.159 e. The summed E-state index contributed by atoms with van der Waals surface area (Å²) < 4.78 is 30.8. The number of phenols is 2. The van der Waals surface area contributed by atoms with Crippen molar-refractivity contribution in [2.45, 2.75) is 6.61 Å². The first kappa shape index (κ1) is 12.2. The molecule has 0 amide bonds. The molecule has 0 unspecified atom stereocenters. The van der Waals surface area contributed by atoms with Crippen molar-refractivity contribution in [3.8, 4) is 17.2 Å². The Hall–Kier alpha value is -2.30. The monoisotopic (exact) mass is 251 g/mol. The molecule has 1 radical (unpaired) electrons. The topological polar surface area (TPSA) is 49.7 Å². The second-order valence-electron chi connectivity index (χ2n) is 3.63. The number of benzene rings is 2. The molecule has 2 N–H and O–H groups in total. The quantitative estimate of drug-likeness (QED) is 0.881. The maximum atomic E-state index is 12.9. The summed E-state index contributed by atoms with van der Waals surface area (Å²) in [6.07, 6.45) is 0. The molecule has 2 rings (SSSR count). The minimum absolute atomic E-state index is 0.0312. The smallest absolute Gasteiger partial charge is 0.159 e. The van der Waals surface area contributed by atoms with E-state index in [1.54, 1.807) is 0 Å². The maximum absolute atomic E-state index is 12.9. The largest absolute Gasteiger partial charge is 0.508 e. The van der Waals surface area contributed by atoms with Gasteiger partial charge in [0, 0.05) is 12.1 Å². The second kappa shape index (κ2) is 4.91. The molecule has 0 heterocycles. The fraction of sp³-hybridized carbons (Fsp3) is 0.0769. The van der Waals surface area contributed by atoms with E-state index in [9.17, 15) is 13.9 Å². The van der Waals surface area contributed by atoms with Crippen LogP contribution < -0.4 is 4.74 Å². The van der Waals surface area contributed by atoms with Crippen LogP contribution in [0.25, 0.3) is 0 Å². The van der Waals surface area contributed by atoms with Crippen LogP contribution in [0.15, 0.2) is 30.3 Å². The Morgan fingerprint density at radius 3 is 2.50 bits per heavy atom. The fourth-order valence-electron chi connectivity index (χ4n) is 1.38. The molecule has 2 aromatic rings. The van der Waals surface area contributed by atoms with E-state index >= 15 is 0 Å². The summed E-state index contributed by atoms with van der Waals surface area (Å²) in [5.41, 5.74) is 0.421. The molecule has 0 atom stereocenters. The summed E-state index contributed by atoms with van der Waals surface area (Å²) in [5.74, 6) is -2.22. The Morgan fingerprint density at radius 1 is 1.06 bits per heavy atom. The molecule has 0 aromatic heterocycles. The highest BCUT2D eigenvalue weighted by Crippen LogP contribution is 2.25. The van der Waals surface area contributed by atoms with Crippen LogP contribution >= 0.6 is 0 Å². The summed E-state index contributed by atoms with van der Waals surface area (Å²) in [5, 5.41) is 18.4. The van der Waals surface area contributed by atoms with Gasteiger partial charge in [0.15, 0.2) is 11.6 Å². The number of hydrogen-bond donors (Lipinski definition) is 2. The van der Waals surface area contributed by atoms with Crippen LogP contribution in [0, 0.1) is 17.7 Å². The van der Waals surface area contributed by atoms with Gasteiger partial charge < -0.3 is 14.9 Å². The third kappa shape index (κ3) is 2.88. The summed E-state index contributed by atoms with van der Waals surface area (Å²) >= 11 is 0. The van der Waals surface area contributed by atoms with E-state index in [0.717, 1.165) is 18.2 Å². The van der Waals surface area contributed by atoms with E-state index in [4.69, 9.17) is 9.84 Å². The van der Waals surface area contributed by atoms with Crippen LogP contribution in [-0.4, -0.2) is 10.2 Å². The Morgan fingerprint density at radius 2 is 1.83 bits per heavy atom. The molecule has 0 bridgehead atoms. The van der Waals surface area contributed by atoms with E-state index in [2.05, 4.69) is 6.07 Å². The Balaban J connectivity index is 2.08. The van der Waals surface area contributed by atoms with E-state index < -0.39 is 11.6 Å². The lowest BCUT2D eigenvalue weighted by molar-refractivity contribution is 0.300. The molecule has 5 heteroatoms. The number of halogens is 2. The van der Waals surface area contributed by atoms with Crippen LogP contribution in [0.2, 0.25) is 0 Å². The molecule has 18 heavy (non-hydrogen) atoms. The predicted octanol–water partition coefficient (Wildman–Crippen LogP) is 2.76. The molecule has 0 aliphatic heterocycles. The third-order valence-corrected chi connectivity index (χ3v) is 2.19. The molecular weight excluding hydrogens is 242 g/mol. The number of aromatic hydroxyl groups is 2. The van der Waals surface area contributed by atoms with Gasteiger partial charge in [-0.1, -0.05) is 6.07 Å². The van der Waals surface area contributed by atoms with Gasteiger partial charge in [-0.05, 0) is 17.7 Å². The molecule has 0 saturated carbocycles. The highest BCUT2D eigenvalue weighted by molar-refractivity contribution is 5.39. The van der Waals surface area contributed by atoms with Gasteiger partial charge >= 0.3 is 0 Å². The van der Waals surface area contributed by atoms with Gasteiger partial charge in [0.2, 0.25) is 0 Å². The van der Waals surface area contributed by atoms with Gasteiger partial charge in [-0.3, -0.25) is 0 Å². The zero-order valence-corrected chi connectivity index (χ0v) is 9.15. The average molecular weight is 251 g/mol. The van der Waals surface area contributed by atoms with Crippen LogP contribution in [0.4, 0.5) is 8.78 Å². The molecule has 0 spiro atoms. The molecule has 0 aliphatic carbocycles. The van der Waals surface area contributed by atoms with E-state index in [1.807, 2.05) is 0 Å². The van der Waals surface area contributed by atoms with Gasteiger partial charge in [-0.15, -0.1) is 0 Å². The summed E-state index contributed by atoms with van der Waals surface area (Å²) in [4.78, 5) is 0. The summed E-state index contributed by atoms with van der Waals surface area (Å²) in [6, 6.07) is 8.19. The number of ether oxygens (including phenoxy) is 1. The zero-order chi connectivity index (χ0) is 13.1. The molecule has 0 fully saturated rings. The van der Waals surface area contributed by atoms with Crippen molar-refractivity contribution in [2.24, 2.45) is 0 Å². The minimum Gasteiger partial charge on any atom is -0.508 e. The lowest BCUT2D eigenvalue weighted by Crippen LogP contribution is -1.97. The Labute approximate surface area is 102 Å². The summed E-state index contributed by atoms with van der Waals surface area (Å²) in [7, 11) is 0. The average Bonchev–Trinajstić information content (AvgIpc) is 2.29. The molecule has 0 aliphatic rings. The van der Waals surface area contributed by atoms with Crippen molar-refractivity contribution in [3.63, 3.8) is 0 Å². The van der Waals surface area contributed by atoms with Crippen molar-refractivity contribution < 1.29 is 23.7 Å². The SMILES string of the molecule is Oc1[c]c(OCc2ccc(F)c(F)c2)cc(O)c1. The van der Waals surface area contributed by atoms with Crippen molar-refractivity contribution >= 4 is 0 Å². The highest BCUT2D eigenvalue weighted by Gasteiger charge is 2.05. The standard InChI is InChI=1S/C13H9F2O3/c14-12-2-1-8(3-13(12)15)7-18-11-5-9(16)4-10(17)6-11/h1-5,16-17H,7H2. The van der Waals surface area contributed by atoms with Crippen LogP contribution in [0.3, 0.4) is 0 Å². The lowest BCUT2D eigenvalue weighted by Gasteiger charge is -2.07. The van der Waals surface area contributed by atoms with Crippen molar-refractivity contribution in [3.05, 3.63) is 53.6 Å². The molecular formula is C13H9F2O3. The molecule has 93 valence electrons. The van der Waals surface area contributed by atoms with Gasteiger partial charge in [-0.25, -0.2) is 8.78 Å². The number of hydrogen-bond acceptors (Lipinski definition) is 3. The predicted molar refractivity (Wildman–Crippen MR) is 59.3 cm³/mol. The van der Waals surface area contributed by atoms with Gasteiger partial charge in [0.1, 0.15) is 23.9 Å². The highest BCUT2D eigenvalue weighted by atomic mass is 19.2. The molecule has 0 saturated heterocycles. The summed E-state index contributed by atoms with van der Waals surface area (Å²) in [6.45, 7) is -0.0312. The van der Waals surface area contributed by atoms with E-state index in [-0.39, 0.29) is 23.9 Å². The van der Waals surface area contributed by atoms with Crippen molar-refractivity contribution in [2.75, 3.05) is 0 Å². The first-order valence-electron chi connectivity index (χ1n) is 5.06. The Bertz CT molecular complexity index is 550. The van der Waals surface area contributed by atoms with Crippen LogP contribution in [0.5, 0.6) is 17.2 Å².